The molecule has 1 amide bonds. The van der Waals surface area contributed by atoms with E-state index in [4.69, 9.17) is 11.6 Å². The van der Waals surface area contributed by atoms with Crippen LogP contribution in [0.1, 0.15) is 28.8 Å². The fourth-order valence-corrected chi connectivity index (χ4v) is 6.89. The average Bonchev–Trinajstić information content (AvgIpc) is 3.32. The first kappa shape index (κ1) is 25.8. The molecule has 2 aliphatic rings. The predicted octanol–water partition coefficient (Wildman–Crippen LogP) is 3.68. The van der Waals surface area contributed by atoms with E-state index in [1.165, 1.54) is 20.7 Å². The maximum Gasteiger partial charge on any atom is 0.263 e. The smallest absolute Gasteiger partial charge is 0.263 e. The molecule has 8 nitrogen and oxygen atoms in total. The number of hydrogen-bond acceptors (Lipinski definition) is 5. The number of hydrogen-bond donors (Lipinski definition) is 0. The first-order chi connectivity index (χ1) is 17.8. The maximum absolute atomic E-state index is 13.6. The van der Waals surface area contributed by atoms with Gasteiger partial charge in [0.05, 0.1) is 5.56 Å². The summed E-state index contributed by atoms with van der Waals surface area (Å²) >= 11 is 5.99. The summed E-state index contributed by atoms with van der Waals surface area (Å²) < 4.78 is 30.0. The normalized spacial score (nSPS) is 17.8. The van der Waals surface area contributed by atoms with Crippen LogP contribution >= 0.6 is 11.6 Å². The molecule has 0 aliphatic carbocycles. The highest BCUT2D eigenvalue weighted by Crippen LogP contribution is 2.27. The van der Waals surface area contributed by atoms with Gasteiger partial charge in [0.2, 0.25) is 5.03 Å². The van der Waals surface area contributed by atoms with E-state index in [0.717, 1.165) is 24.9 Å². The molecule has 0 atom stereocenters. The molecule has 3 aromatic rings. The van der Waals surface area contributed by atoms with Crippen LogP contribution in [0.5, 0.6) is 0 Å². The van der Waals surface area contributed by atoms with Gasteiger partial charge in [0.1, 0.15) is 0 Å². The number of piperazine rings is 1. The van der Waals surface area contributed by atoms with Crippen molar-refractivity contribution in [2.24, 2.45) is 13.0 Å². The number of carbonyl (C=O) groups is 1. The predicted molar refractivity (Wildman–Crippen MR) is 144 cm³/mol. The van der Waals surface area contributed by atoms with E-state index in [1.807, 2.05) is 30.3 Å². The second kappa shape index (κ2) is 10.8. The zero-order valence-electron chi connectivity index (χ0n) is 21.0. The zero-order chi connectivity index (χ0) is 26.0. The lowest BCUT2D eigenvalue weighted by atomic mass is 9.90. The van der Waals surface area contributed by atoms with Crippen molar-refractivity contribution in [1.82, 2.24) is 19.0 Å². The van der Waals surface area contributed by atoms with Gasteiger partial charge in [0.15, 0.2) is 0 Å². The van der Waals surface area contributed by atoms with Crippen molar-refractivity contribution in [2.45, 2.75) is 24.3 Å². The van der Waals surface area contributed by atoms with Crippen LogP contribution in [0.15, 0.2) is 65.8 Å². The number of amides is 1. The summed E-state index contributed by atoms with van der Waals surface area (Å²) in [6.07, 6.45) is 4.33. The lowest BCUT2D eigenvalue weighted by Crippen LogP contribution is -2.49. The monoisotopic (exact) mass is 541 g/mol. The molecule has 2 aliphatic heterocycles. The topological polar surface area (TPSA) is 78.8 Å². The van der Waals surface area contributed by atoms with E-state index in [9.17, 15) is 13.2 Å². The Morgan fingerprint density at radius 2 is 1.59 bits per heavy atom. The highest BCUT2D eigenvalue weighted by atomic mass is 35.5. The van der Waals surface area contributed by atoms with E-state index in [0.29, 0.717) is 50.2 Å². The number of aryl methyl sites for hydroxylation is 1. The number of likely N-dealkylation sites (tertiary alicyclic amines) is 1. The second-order valence-electron chi connectivity index (χ2n) is 9.81. The van der Waals surface area contributed by atoms with E-state index < -0.39 is 10.0 Å². The first-order valence-corrected chi connectivity index (χ1v) is 14.5. The van der Waals surface area contributed by atoms with Gasteiger partial charge >= 0.3 is 0 Å². The standard InChI is InChI=1S/C27H32ClN5O3S/c1-30-20-25(27(34)32-13-11-22(12-14-32)19-21-5-3-2-4-6-21)26(29-30)37(35,36)33-17-15-31(16-18-33)24-9-7-23(28)8-10-24/h2-10,20,22H,11-19H2,1H3. The van der Waals surface area contributed by atoms with Crippen molar-refractivity contribution in [3.05, 3.63) is 76.9 Å². The highest BCUT2D eigenvalue weighted by Gasteiger charge is 2.36. The van der Waals surface area contributed by atoms with Gasteiger partial charge in [-0.1, -0.05) is 41.9 Å². The van der Waals surface area contributed by atoms with Crippen LogP contribution in [-0.2, 0) is 23.5 Å². The maximum atomic E-state index is 13.6. The Kier molecular flexibility index (Phi) is 7.55. The quantitative estimate of drug-likeness (QED) is 0.476. The molecule has 37 heavy (non-hydrogen) atoms. The number of piperidine rings is 1. The highest BCUT2D eigenvalue weighted by molar-refractivity contribution is 7.89. The Morgan fingerprint density at radius 3 is 2.24 bits per heavy atom. The summed E-state index contributed by atoms with van der Waals surface area (Å²) in [6.45, 7) is 2.97. The number of carbonyl (C=O) groups excluding carboxylic acids is 1. The third-order valence-electron chi connectivity index (χ3n) is 7.31. The minimum Gasteiger partial charge on any atom is -0.369 e. The molecule has 1 aromatic heterocycles. The van der Waals surface area contributed by atoms with Gasteiger partial charge in [-0.15, -0.1) is 0 Å². The minimum atomic E-state index is -3.91. The van der Waals surface area contributed by atoms with Crippen LogP contribution in [0.2, 0.25) is 5.02 Å². The summed E-state index contributed by atoms with van der Waals surface area (Å²) in [5.74, 6) is 0.255. The number of benzene rings is 2. The molecule has 3 heterocycles. The Morgan fingerprint density at radius 1 is 0.946 bits per heavy atom. The largest absolute Gasteiger partial charge is 0.369 e. The zero-order valence-corrected chi connectivity index (χ0v) is 22.5. The number of anilines is 1. The van der Waals surface area contributed by atoms with Crippen LogP contribution in [0.25, 0.3) is 0 Å². The summed E-state index contributed by atoms with van der Waals surface area (Å²) in [6, 6.07) is 17.9. The van der Waals surface area contributed by atoms with Gasteiger partial charge < -0.3 is 9.80 Å². The Balaban J connectivity index is 1.24. The molecule has 5 rings (SSSR count). The van der Waals surface area contributed by atoms with Crippen molar-refractivity contribution < 1.29 is 13.2 Å². The summed E-state index contributed by atoms with van der Waals surface area (Å²) in [4.78, 5) is 17.4. The third-order valence-corrected chi connectivity index (χ3v) is 9.40. The number of aromatic nitrogens is 2. The van der Waals surface area contributed by atoms with Crippen molar-refractivity contribution in [3.63, 3.8) is 0 Å². The van der Waals surface area contributed by atoms with E-state index in [2.05, 4.69) is 34.3 Å². The van der Waals surface area contributed by atoms with Crippen molar-refractivity contribution in [2.75, 3.05) is 44.2 Å². The molecular formula is C27H32ClN5O3S. The van der Waals surface area contributed by atoms with Gasteiger partial charge in [-0.25, -0.2) is 8.42 Å². The molecule has 10 heteroatoms. The first-order valence-electron chi connectivity index (χ1n) is 12.7. The van der Waals surface area contributed by atoms with Crippen molar-refractivity contribution >= 4 is 33.2 Å². The molecule has 2 saturated heterocycles. The molecule has 0 saturated carbocycles. The fourth-order valence-electron chi connectivity index (χ4n) is 5.22. The van der Waals surface area contributed by atoms with Crippen LogP contribution in [0, 0.1) is 5.92 Å². The molecule has 0 N–H and O–H groups in total. The summed E-state index contributed by atoms with van der Waals surface area (Å²) in [7, 11) is -2.26. The van der Waals surface area contributed by atoms with Crippen LogP contribution in [-0.4, -0.2) is 72.6 Å². The van der Waals surface area contributed by atoms with Crippen LogP contribution < -0.4 is 4.90 Å². The molecule has 2 fully saturated rings. The molecule has 0 unspecified atom stereocenters. The van der Waals surface area contributed by atoms with Crippen LogP contribution in [0.4, 0.5) is 5.69 Å². The Labute approximate surface area is 223 Å². The van der Waals surface area contributed by atoms with Gasteiger partial charge in [-0.3, -0.25) is 9.48 Å². The van der Waals surface area contributed by atoms with Crippen LogP contribution in [0.3, 0.4) is 0 Å². The van der Waals surface area contributed by atoms with Crippen molar-refractivity contribution in [3.8, 4) is 0 Å². The van der Waals surface area contributed by atoms with Crippen molar-refractivity contribution in [1.29, 1.82) is 0 Å². The fraction of sp³-hybridized carbons (Fsp3) is 0.407. The summed E-state index contributed by atoms with van der Waals surface area (Å²) in [5.41, 5.74) is 2.47. The lowest BCUT2D eigenvalue weighted by Gasteiger charge is -2.35. The lowest BCUT2D eigenvalue weighted by molar-refractivity contribution is 0.0686. The molecule has 196 valence electrons. The SMILES string of the molecule is Cn1cc(C(=O)N2CCC(Cc3ccccc3)CC2)c(S(=O)(=O)N2CCN(c3ccc(Cl)cc3)CC2)n1. The van der Waals surface area contributed by atoms with E-state index in [1.54, 1.807) is 11.9 Å². The molecular weight excluding hydrogens is 510 g/mol. The third kappa shape index (κ3) is 5.68. The molecule has 0 spiro atoms. The minimum absolute atomic E-state index is 0.147. The number of sulfonamides is 1. The van der Waals surface area contributed by atoms with E-state index in [-0.39, 0.29) is 16.5 Å². The summed E-state index contributed by atoms with van der Waals surface area (Å²) in [5, 5.41) is 4.76. The average molecular weight is 542 g/mol. The van der Waals surface area contributed by atoms with Gasteiger partial charge in [0, 0.05) is 63.2 Å². The van der Waals surface area contributed by atoms with E-state index >= 15 is 0 Å². The number of rotatable bonds is 6. The molecule has 2 aromatic carbocycles. The number of halogens is 1. The van der Waals surface area contributed by atoms with Gasteiger partial charge in [-0.2, -0.15) is 9.40 Å². The molecule has 0 bridgehead atoms. The van der Waals surface area contributed by atoms with Gasteiger partial charge in [-0.05, 0) is 55.0 Å². The molecule has 0 radical (unpaired) electrons. The second-order valence-corrected chi connectivity index (χ2v) is 12.1. The van der Waals surface area contributed by atoms with Gasteiger partial charge in [0.25, 0.3) is 15.9 Å². The Bertz CT molecular complexity index is 1330. The number of nitrogens with zero attached hydrogens (tertiary/aromatic N) is 5. The Hall–Kier alpha value is -2.88.